The second kappa shape index (κ2) is 5.96. The Hall–Kier alpha value is -2.11. The Kier molecular flexibility index (Phi) is 3.97. The zero-order valence-electron chi connectivity index (χ0n) is 15.6. The molecule has 1 aromatic heterocycles. The summed E-state index contributed by atoms with van der Waals surface area (Å²) >= 11 is 7.67. The number of nitrogens with zero attached hydrogens (tertiary/aromatic N) is 1. The minimum Gasteiger partial charge on any atom is -0.497 e. The molecule has 0 unspecified atom stereocenters. The number of methoxy groups -OCH3 is 1. The smallest absolute Gasteiger partial charge is 0.129 e. The fraction of sp³-hybridized carbons (Fsp3) is 0.286. The quantitative estimate of drug-likeness (QED) is 0.533. The molecule has 0 saturated carbocycles. The normalized spacial score (nSPS) is 14.3. The van der Waals surface area contributed by atoms with Crippen LogP contribution >= 0.6 is 23.8 Å². The predicted molar refractivity (Wildman–Crippen MR) is 113 cm³/mol. The SMILES string of the molecule is COc1ccc2c(c1)-c1c(sn(-c3cc(C)cc(C)c3)c1=S)C(C)(C)N2. The number of anilines is 1. The Balaban J connectivity index is 2.01. The molecule has 1 aliphatic heterocycles. The predicted octanol–water partition coefficient (Wildman–Crippen LogP) is 6.22. The van der Waals surface area contributed by atoms with E-state index in [0.717, 1.165) is 32.9 Å². The van der Waals surface area contributed by atoms with E-state index >= 15 is 0 Å². The van der Waals surface area contributed by atoms with Crippen molar-refractivity contribution in [3.8, 4) is 22.6 Å². The van der Waals surface area contributed by atoms with Crippen LogP contribution in [-0.4, -0.2) is 11.1 Å². The molecule has 0 saturated heterocycles. The van der Waals surface area contributed by atoms with Gasteiger partial charge >= 0.3 is 0 Å². The molecule has 0 fully saturated rings. The van der Waals surface area contributed by atoms with E-state index in [-0.39, 0.29) is 5.54 Å². The fourth-order valence-electron chi connectivity index (χ4n) is 3.64. The van der Waals surface area contributed by atoms with Crippen molar-refractivity contribution in [3.05, 3.63) is 57.0 Å². The first-order valence-corrected chi connectivity index (χ1v) is 9.80. The lowest BCUT2D eigenvalue weighted by molar-refractivity contribution is 0.415. The van der Waals surface area contributed by atoms with E-state index < -0.39 is 0 Å². The monoisotopic (exact) mass is 382 g/mol. The lowest BCUT2D eigenvalue weighted by atomic mass is 9.90. The molecule has 3 nitrogen and oxygen atoms in total. The summed E-state index contributed by atoms with van der Waals surface area (Å²) in [5.41, 5.74) is 6.79. The van der Waals surface area contributed by atoms with E-state index in [1.807, 2.05) is 6.07 Å². The van der Waals surface area contributed by atoms with Gasteiger partial charge in [0.1, 0.15) is 10.4 Å². The van der Waals surface area contributed by atoms with E-state index in [1.165, 1.54) is 16.0 Å². The average Bonchev–Trinajstić information content (AvgIpc) is 2.92. The topological polar surface area (TPSA) is 26.2 Å². The number of fused-ring (bicyclic) bond motifs is 3. The van der Waals surface area contributed by atoms with Gasteiger partial charge < -0.3 is 10.1 Å². The van der Waals surface area contributed by atoms with E-state index in [0.29, 0.717) is 0 Å². The maximum absolute atomic E-state index is 5.94. The minimum atomic E-state index is -0.181. The molecule has 1 aliphatic rings. The first-order valence-electron chi connectivity index (χ1n) is 8.62. The van der Waals surface area contributed by atoms with Crippen molar-refractivity contribution in [2.24, 2.45) is 0 Å². The third-order valence-corrected chi connectivity index (χ3v) is 6.74. The van der Waals surface area contributed by atoms with Gasteiger partial charge in [0.15, 0.2) is 0 Å². The van der Waals surface area contributed by atoms with Gasteiger partial charge in [-0.3, -0.25) is 3.96 Å². The van der Waals surface area contributed by atoms with Gasteiger partial charge in [-0.15, -0.1) is 0 Å². The molecule has 5 heteroatoms. The van der Waals surface area contributed by atoms with Crippen molar-refractivity contribution in [2.75, 3.05) is 12.4 Å². The summed E-state index contributed by atoms with van der Waals surface area (Å²) in [5, 5.41) is 3.65. The Morgan fingerprint density at radius 2 is 1.77 bits per heavy atom. The molecule has 1 N–H and O–H groups in total. The van der Waals surface area contributed by atoms with Crippen LogP contribution in [0.2, 0.25) is 0 Å². The summed E-state index contributed by atoms with van der Waals surface area (Å²) in [6.07, 6.45) is 0. The summed E-state index contributed by atoms with van der Waals surface area (Å²) in [7, 11) is 1.70. The lowest BCUT2D eigenvalue weighted by Gasteiger charge is -2.33. The van der Waals surface area contributed by atoms with Crippen molar-refractivity contribution < 1.29 is 4.74 Å². The highest BCUT2D eigenvalue weighted by molar-refractivity contribution is 7.71. The first kappa shape index (κ1) is 17.3. The second-order valence-corrected chi connectivity index (χ2v) is 8.75. The molecule has 2 aromatic carbocycles. The number of ether oxygens (including phenoxy) is 1. The molecule has 0 amide bonds. The maximum Gasteiger partial charge on any atom is 0.129 e. The van der Waals surface area contributed by atoms with Crippen molar-refractivity contribution in [1.29, 1.82) is 0 Å². The molecule has 26 heavy (non-hydrogen) atoms. The number of rotatable bonds is 2. The van der Waals surface area contributed by atoms with Gasteiger partial charge in [-0.1, -0.05) is 29.8 Å². The summed E-state index contributed by atoms with van der Waals surface area (Å²) < 4.78 is 8.48. The van der Waals surface area contributed by atoms with E-state index in [4.69, 9.17) is 17.0 Å². The van der Waals surface area contributed by atoms with Crippen LogP contribution in [0.3, 0.4) is 0 Å². The molecule has 0 spiro atoms. The Labute approximate surface area is 163 Å². The average molecular weight is 383 g/mol. The molecular weight excluding hydrogens is 360 g/mol. The Bertz CT molecular complexity index is 1060. The Morgan fingerprint density at radius 3 is 2.42 bits per heavy atom. The summed E-state index contributed by atoms with van der Waals surface area (Å²) in [6, 6.07) is 12.7. The zero-order chi connectivity index (χ0) is 18.6. The molecule has 2 heterocycles. The maximum atomic E-state index is 5.94. The third-order valence-electron chi connectivity index (χ3n) is 4.76. The standard InChI is InChI=1S/C21H22N2OS2/c1-12-8-13(2)10-14(9-12)23-20(25)18-16-11-15(24-5)6-7-17(16)22-21(3,4)19(18)26-23/h6-11,22H,1-5H3. The lowest BCUT2D eigenvalue weighted by Crippen LogP contribution is -2.30. The van der Waals surface area contributed by atoms with Crippen molar-refractivity contribution in [3.63, 3.8) is 0 Å². The van der Waals surface area contributed by atoms with Crippen LogP contribution in [0.25, 0.3) is 16.8 Å². The van der Waals surface area contributed by atoms with Gasteiger partial charge in [0.25, 0.3) is 0 Å². The van der Waals surface area contributed by atoms with Gasteiger partial charge in [-0.2, -0.15) is 0 Å². The highest BCUT2D eigenvalue weighted by atomic mass is 32.1. The second-order valence-electron chi connectivity index (χ2n) is 7.40. The number of benzene rings is 2. The molecule has 134 valence electrons. The van der Waals surface area contributed by atoms with E-state index in [2.05, 4.69) is 67.3 Å². The number of nitrogens with one attached hydrogen (secondary N) is 1. The molecule has 0 atom stereocenters. The van der Waals surface area contributed by atoms with Gasteiger partial charge in [0.05, 0.1) is 23.2 Å². The highest BCUT2D eigenvalue weighted by Gasteiger charge is 2.34. The molecular formula is C21H22N2OS2. The van der Waals surface area contributed by atoms with Gasteiger partial charge in [-0.05, 0) is 69.2 Å². The molecule has 3 aromatic rings. The summed E-state index contributed by atoms with van der Waals surface area (Å²) in [6.45, 7) is 8.66. The molecule has 0 aliphatic carbocycles. The molecule has 0 bridgehead atoms. The minimum absolute atomic E-state index is 0.181. The van der Waals surface area contributed by atoms with Crippen LogP contribution in [0.4, 0.5) is 5.69 Å². The number of aryl methyl sites for hydroxylation is 2. The summed E-state index contributed by atoms with van der Waals surface area (Å²) in [4.78, 5) is 1.25. The van der Waals surface area contributed by atoms with E-state index in [1.54, 1.807) is 18.6 Å². The molecule has 4 rings (SSSR count). The third kappa shape index (κ3) is 2.66. The first-order chi connectivity index (χ1) is 12.3. The van der Waals surface area contributed by atoms with Crippen molar-refractivity contribution in [2.45, 2.75) is 33.2 Å². The van der Waals surface area contributed by atoms with Crippen LogP contribution in [0.5, 0.6) is 5.75 Å². The van der Waals surface area contributed by atoms with Crippen LogP contribution in [0.1, 0.15) is 29.9 Å². The number of hydrogen-bond acceptors (Lipinski definition) is 4. The van der Waals surface area contributed by atoms with Crippen LogP contribution in [-0.2, 0) is 5.54 Å². The van der Waals surface area contributed by atoms with Crippen molar-refractivity contribution in [1.82, 2.24) is 3.96 Å². The van der Waals surface area contributed by atoms with Gasteiger partial charge in [-0.25, -0.2) is 0 Å². The zero-order valence-corrected chi connectivity index (χ0v) is 17.3. The number of hydrogen-bond donors (Lipinski definition) is 1. The summed E-state index contributed by atoms with van der Waals surface area (Å²) in [5.74, 6) is 0.842. The van der Waals surface area contributed by atoms with Gasteiger partial charge in [0.2, 0.25) is 0 Å². The number of aromatic nitrogens is 1. The van der Waals surface area contributed by atoms with Crippen molar-refractivity contribution >= 4 is 29.4 Å². The fourth-order valence-corrected chi connectivity index (χ4v) is 5.28. The largest absolute Gasteiger partial charge is 0.497 e. The Morgan fingerprint density at radius 1 is 1.08 bits per heavy atom. The molecule has 0 radical (unpaired) electrons. The van der Waals surface area contributed by atoms with E-state index in [9.17, 15) is 0 Å². The van der Waals surface area contributed by atoms with Crippen LogP contribution in [0.15, 0.2) is 36.4 Å². The van der Waals surface area contributed by atoms with Gasteiger partial charge in [0, 0.05) is 16.8 Å². The highest BCUT2D eigenvalue weighted by Crippen LogP contribution is 2.48. The van der Waals surface area contributed by atoms with Crippen LogP contribution in [0, 0.1) is 18.5 Å². The van der Waals surface area contributed by atoms with Crippen LogP contribution < -0.4 is 10.1 Å².